The first-order valence-corrected chi connectivity index (χ1v) is 9.77. The Morgan fingerprint density at radius 3 is 2.31 bits per heavy atom. The molecular formula is C19H24N2O4S. The van der Waals surface area contributed by atoms with Crippen molar-refractivity contribution in [1.82, 2.24) is 4.31 Å². The number of rotatable bonds is 7. The summed E-state index contributed by atoms with van der Waals surface area (Å²) in [7, 11) is -0.580. The van der Waals surface area contributed by atoms with Gasteiger partial charge in [-0.25, -0.2) is 12.7 Å². The van der Waals surface area contributed by atoms with Crippen molar-refractivity contribution in [2.24, 2.45) is 0 Å². The minimum absolute atomic E-state index is 0.146. The number of hydrogen-bond donors (Lipinski definition) is 1. The molecule has 0 aliphatic rings. The lowest BCUT2D eigenvalue weighted by molar-refractivity contribution is 0.102. The highest BCUT2D eigenvalue weighted by Gasteiger charge is 2.17. The molecule has 0 saturated heterocycles. The van der Waals surface area contributed by atoms with E-state index in [1.54, 1.807) is 6.07 Å². The molecule has 0 spiro atoms. The van der Waals surface area contributed by atoms with Gasteiger partial charge in [-0.05, 0) is 61.4 Å². The lowest BCUT2D eigenvalue weighted by Gasteiger charge is -2.13. The zero-order valence-electron chi connectivity index (χ0n) is 15.4. The molecule has 0 saturated carbocycles. The molecule has 1 amide bonds. The van der Waals surface area contributed by atoms with Gasteiger partial charge in [0.05, 0.1) is 11.5 Å². The van der Waals surface area contributed by atoms with Crippen LogP contribution in [0.4, 0.5) is 5.69 Å². The second kappa shape index (κ2) is 8.33. The molecule has 0 fully saturated rings. The summed E-state index contributed by atoms with van der Waals surface area (Å²) < 4.78 is 30.8. The SMILES string of the molecule is CCCOc1ccc(NC(=O)c2ccc(S(=O)(=O)N(C)C)cc2)c(C)c1. The van der Waals surface area contributed by atoms with Crippen LogP contribution in [-0.2, 0) is 10.0 Å². The van der Waals surface area contributed by atoms with Crippen LogP contribution in [0.15, 0.2) is 47.4 Å². The Hall–Kier alpha value is -2.38. The van der Waals surface area contributed by atoms with Crippen molar-refractivity contribution in [3.63, 3.8) is 0 Å². The number of nitrogens with one attached hydrogen (secondary N) is 1. The largest absolute Gasteiger partial charge is 0.494 e. The Labute approximate surface area is 154 Å². The van der Waals surface area contributed by atoms with Gasteiger partial charge in [0.15, 0.2) is 0 Å². The van der Waals surface area contributed by atoms with E-state index in [4.69, 9.17) is 4.74 Å². The predicted molar refractivity (Wildman–Crippen MR) is 102 cm³/mol. The Morgan fingerprint density at radius 2 is 1.77 bits per heavy atom. The van der Waals surface area contributed by atoms with Gasteiger partial charge in [0.1, 0.15) is 5.75 Å². The molecule has 0 radical (unpaired) electrons. The van der Waals surface area contributed by atoms with Crippen LogP contribution in [0.1, 0.15) is 29.3 Å². The van der Waals surface area contributed by atoms with Crippen molar-refractivity contribution in [3.8, 4) is 5.75 Å². The predicted octanol–water partition coefficient (Wildman–Crippen LogP) is 3.29. The van der Waals surface area contributed by atoms with Gasteiger partial charge in [0.25, 0.3) is 5.91 Å². The smallest absolute Gasteiger partial charge is 0.255 e. The van der Waals surface area contributed by atoms with Crippen molar-refractivity contribution in [1.29, 1.82) is 0 Å². The fraction of sp³-hybridized carbons (Fsp3) is 0.316. The van der Waals surface area contributed by atoms with Crippen LogP contribution in [0.3, 0.4) is 0 Å². The molecule has 2 aromatic rings. The van der Waals surface area contributed by atoms with Crippen molar-refractivity contribution < 1.29 is 17.9 Å². The number of carbonyl (C=O) groups excluding carboxylic acids is 1. The number of sulfonamides is 1. The molecule has 0 atom stereocenters. The third kappa shape index (κ3) is 4.62. The van der Waals surface area contributed by atoms with Crippen LogP contribution in [0.2, 0.25) is 0 Å². The normalized spacial score (nSPS) is 11.4. The van der Waals surface area contributed by atoms with Crippen molar-refractivity contribution >= 4 is 21.6 Å². The molecule has 0 bridgehead atoms. The molecule has 0 aromatic heterocycles. The first-order chi connectivity index (χ1) is 12.3. The number of hydrogen-bond acceptors (Lipinski definition) is 4. The maximum absolute atomic E-state index is 12.4. The first kappa shape index (κ1) is 19.9. The number of ether oxygens (including phenoxy) is 1. The molecule has 140 valence electrons. The zero-order valence-corrected chi connectivity index (χ0v) is 16.3. The van der Waals surface area contributed by atoms with Crippen LogP contribution in [0.25, 0.3) is 0 Å². The van der Waals surface area contributed by atoms with E-state index in [-0.39, 0.29) is 10.8 Å². The highest BCUT2D eigenvalue weighted by molar-refractivity contribution is 7.89. The van der Waals surface area contributed by atoms with Crippen molar-refractivity contribution in [2.45, 2.75) is 25.2 Å². The van der Waals surface area contributed by atoms with Crippen LogP contribution < -0.4 is 10.1 Å². The lowest BCUT2D eigenvalue weighted by atomic mass is 10.1. The summed E-state index contributed by atoms with van der Waals surface area (Å²) >= 11 is 0. The van der Waals surface area contributed by atoms with Crippen LogP contribution in [0, 0.1) is 6.92 Å². The van der Waals surface area contributed by atoms with Gasteiger partial charge < -0.3 is 10.1 Å². The number of amides is 1. The van der Waals surface area contributed by atoms with E-state index in [0.29, 0.717) is 17.9 Å². The summed E-state index contributed by atoms with van der Waals surface area (Å²) in [5.74, 6) is 0.463. The van der Waals surface area contributed by atoms with E-state index in [1.165, 1.54) is 38.4 Å². The molecule has 1 N–H and O–H groups in total. The summed E-state index contributed by atoms with van der Waals surface area (Å²) in [5, 5.41) is 2.84. The first-order valence-electron chi connectivity index (χ1n) is 8.33. The molecule has 0 unspecified atom stereocenters. The van der Waals surface area contributed by atoms with E-state index in [9.17, 15) is 13.2 Å². The van der Waals surface area contributed by atoms with E-state index >= 15 is 0 Å². The third-order valence-corrected chi connectivity index (χ3v) is 5.64. The second-order valence-corrected chi connectivity index (χ2v) is 8.24. The average molecular weight is 376 g/mol. The quantitative estimate of drug-likeness (QED) is 0.805. The summed E-state index contributed by atoms with van der Waals surface area (Å²) in [6, 6.07) is 11.3. The Balaban J connectivity index is 2.13. The molecule has 26 heavy (non-hydrogen) atoms. The van der Waals surface area contributed by atoms with E-state index < -0.39 is 10.0 Å². The topological polar surface area (TPSA) is 75.7 Å². The maximum atomic E-state index is 12.4. The van der Waals surface area contributed by atoms with Gasteiger partial charge in [0, 0.05) is 25.3 Å². The Bertz CT molecular complexity index is 875. The molecule has 0 heterocycles. The van der Waals surface area contributed by atoms with Crippen LogP contribution >= 0.6 is 0 Å². The van der Waals surface area contributed by atoms with Gasteiger partial charge in [0.2, 0.25) is 10.0 Å². The van der Waals surface area contributed by atoms with Gasteiger partial charge in [-0.2, -0.15) is 0 Å². The lowest BCUT2D eigenvalue weighted by Crippen LogP contribution is -2.22. The summed E-state index contributed by atoms with van der Waals surface area (Å²) in [6.45, 7) is 4.57. The van der Waals surface area contributed by atoms with E-state index in [1.807, 2.05) is 26.0 Å². The molecule has 2 aromatic carbocycles. The zero-order chi connectivity index (χ0) is 19.3. The maximum Gasteiger partial charge on any atom is 0.255 e. The van der Waals surface area contributed by atoms with Gasteiger partial charge in [-0.1, -0.05) is 6.92 Å². The summed E-state index contributed by atoms with van der Waals surface area (Å²) in [6.07, 6.45) is 0.928. The van der Waals surface area contributed by atoms with Gasteiger partial charge in [-0.15, -0.1) is 0 Å². The molecule has 6 nitrogen and oxygen atoms in total. The molecule has 7 heteroatoms. The van der Waals surface area contributed by atoms with Crippen molar-refractivity contribution in [2.75, 3.05) is 26.0 Å². The number of carbonyl (C=O) groups is 1. The number of anilines is 1. The number of aryl methyl sites for hydroxylation is 1. The van der Waals surface area contributed by atoms with Gasteiger partial charge in [-0.3, -0.25) is 4.79 Å². The number of benzene rings is 2. The standard InChI is InChI=1S/C19H24N2O4S/c1-5-12-25-16-8-11-18(14(2)13-16)20-19(22)15-6-9-17(10-7-15)26(23,24)21(3)4/h6-11,13H,5,12H2,1-4H3,(H,20,22). The number of nitrogens with zero attached hydrogens (tertiary/aromatic N) is 1. The van der Waals surface area contributed by atoms with E-state index in [2.05, 4.69) is 5.32 Å². The van der Waals surface area contributed by atoms with Crippen molar-refractivity contribution in [3.05, 3.63) is 53.6 Å². The summed E-state index contributed by atoms with van der Waals surface area (Å²) in [4.78, 5) is 12.6. The second-order valence-electron chi connectivity index (χ2n) is 6.09. The minimum Gasteiger partial charge on any atom is -0.494 e. The Morgan fingerprint density at radius 1 is 1.12 bits per heavy atom. The third-order valence-electron chi connectivity index (χ3n) is 3.81. The molecule has 0 aliphatic heterocycles. The molecular weight excluding hydrogens is 352 g/mol. The summed E-state index contributed by atoms with van der Waals surface area (Å²) in [5.41, 5.74) is 1.95. The highest BCUT2D eigenvalue weighted by atomic mass is 32.2. The van der Waals surface area contributed by atoms with E-state index in [0.717, 1.165) is 22.0 Å². The minimum atomic E-state index is -3.51. The highest BCUT2D eigenvalue weighted by Crippen LogP contribution is 2.22. The Kier molecular flexibility index (Phi) is 6.39. The molecule has 2 rings (SSSR count). The fourth-order valence-corrected chi connectivity index (χ4v) is 3.17. The molecule has 0 aliphatic carbocycles. The van der Waals surface area contributed by atoms with Crippen LogP contribution in [0.5, 0.6) is 5.75 Å². The average Bonchev–Trinajstić information content (AvgIpc) is 2.61. The van der Waals surface area contributed by atoms with Gasteiger partial charge >= 0.3 is 0 Å². The monoisotopic (exact) mass is 376 g/mol. The van der Waals surface area contributed by atoms with Crippen LogP contribution in [-0.4, -0.2) is 39.3 Å². The fourth-order valence-electron chi connectivity index (χ4n) is 2.27.